The number of nitrogens with one attached hydrogen (secondary N) is 2. The molecule has 41 heavy (non-hydrogen) atoms. The summed E-state index contributed by atoms with van der Waals surface area (Å²) in [6.07, 6.45) is -3.91. The first kappa shape index (κ1) is 29.6. The van der Waals surface area contributed by atoms with Crippen LogP contribution in [0.4, 0.5) is 23.4 Å². The number of nitrogens with zero attached hydrogens (tertiary/aromatic N) is 4. The topological polar surface area (TPSA) is 165 Å². The highest BCUT2D eigenvalue weighted by atomic mass is 79.9. The van der Waals surface area contributed by atoms with Gasteiger partial charge in [-0.15, -0.1) is 0 Å². The number of piperidine rings is 1. The van der Waals surface area contributed by atoms with E-state index in [4.69, 9.17) is 19.1 Å². The minimum Gasteiger partial charge on any atom is -0.475 e. The third kappa shape index (κ3) is 6.35. The van der Waals surface area contributed by atoms with Gasteiger partial charge in [0.2, 0.25) is 17.5 Å². The monoisotopic (exact) mass is 642 g/mol. The van der Waals surface area contributed by atoms with Crippen molar-refractivity contribution < 1.29 is 41.4 Å². The van der Waals surface area contributed by atoms with Gasteiger partial charge in [0.1, 0.15) is 5.82 Å². The molecule has 3 heterocycles. The van der Waals surface area contributed by atoms with Gasteiger partial charge in [-0.2, -0.15) is 13.2 Å². The highest BCUT2D eigenvalue weighted by Gasteiger charge is 2.42. The van der Waals surface area contributed by atoms with Crippen LogP contribution in [0.15, 0.2) is 67.0 Å². The van der Waals surface area contributed by atoms with Crippen LogP contribution in [0, 0.1) is 5.82 Å². The van der Waals surface area contributed by atoms with E-state index in [0.29, 0.717) is 25.9 Å². The molecule has 0 unspecified atom stereocenters. The fourth-order valence-electron chi connectivity index (χ4n) is 4.15. The summed E-state index contributed by atoms with van der Waals surface area (Å²) in [5.74, 6) is -4.43. The Balaban J connectivity index is 0.000000493. The van der Waals surface area contributed by atoms with Gasteiger partial charge in [-0.05, 0) is 75.9 Å². The Hall–Kier alpha value is -4.38. The zero-order valence-corrected chi connectivity index (χ0v) is 22.2. The van der Waals surface area contributed by atoms with Crippen molar-refractivity contribution in [2.24, 2.45) is 0 Å². The van der Waals surface area contributed by atoms with Crippen molar-refractivity contribution >= 4 is 33.6 Å². The summed E-state index contributed by atoms with van der Waals surface area (Å²) in [5, 5.41) is 24.7. The van der Waals surface area contributed by atoms with Crippen molar-refractivity contribution in [3.63, 3.8) is 0 Å². The summed E-state index contributed by atoms with van der Waals surface area (Å²) in [4.78, 5) is 34.9. The Morgan fingerprint density at radius 1 is 1.07 bits per heavy atom. The molecule has 1 saturated heterocycles. The lowest BCUT2D eigenvalue weighted by atomic mass is 9.72. The SMILES string of the molecule is O=C(Nc1nonc1-c1noc(=O)n1-c1ccc(F)c(Br)c1)C1(c2ccccc2)CCNCC1.O=C(O)C(F)(F)F. The summed E-state index contributed by atoms with van der Waals surface area (Å²) in [6, 6.07) is 13.5. The molecule has 5 rings (SSSR count). The van der Waals surface area contributed by atoms with Crippen LogP contribution in [-0.4, -0.2) is 56.3 Å². The first-order chi connectivity index (χ1) is 19.4. The van der Waals surface area contributed by atoms with Gasteiger partial charge < -0.3 is 15.7 Å². The summed E-state index contributed by atoms with van der Waals surface area (Å²) >= 11 is 3.10. The number of carboxylic acids is 1. The second-order valence-electron chi connectivity index (χ2n) is 8.62. The first-order valence-electron chi connectivity index (χ1n) is 11.7. The van der Waals surface area contributed by atoms with Gasteiger partial charge in [0.15, 0.2) is 5.69 Å². The lowest BCUT2D eigenvalue weighted by Crippen LogP contribution is -2.48. The molecule has 17 heteroatoms. The van der Waals surface area contributed by atoms with Crippen LogP contribution in [-0.2, 0) is 15.0 Å². The van der Waals surface area contributed by atoms with Crippen molar-refractivity contribution in [2.45, 2.75) is 24.4 Å². The second kappa shape index (κ2) is 12.0. The number of hydrogen-bond donors (Lipinski definition) is 3. The fraction of sp³-hybridized carbons (Fsp3) is 0.250. The third-order valence-electron chi connectivity index (χ3n) is 6.16. The van der Waals surface area contributed by atoms with Crippen LogP contribution in [0.1, 0.15) is 18.4 Å². The standard InChI is InChI=1S/C22H18BrFN6O4.C2HF3O2/c23-15-12-14(6-7-16(15)24)30-19(29-33-21(30)32)17-18(28-34-27-17)26-20(31)22(8-10-25-11-9-22)13-4-2-1-3-5-13;3-2(4,5)1(6)7/h1-7,12,25H,8-11H2,(H,26,28,31);(H,6,7). The van der Waals surface area contributed by atoms with Gasteiger partial charge in [-0.3, -0.25) is 9.32 Å². The molecule has 2 aromatic carbocycles. The van der Waals surface area contributed by atoms with E-state index in [0.717, 1.165) is 10.1 Å². The summed E-state index contributed by atoms with van der Waals surface area (Å²) < 4.78 is 56.4. The van der Waals surface area contributed by atoms with Crippen molar-refractivity contribution in [3.8, 4) is 17.2 Å². The molecule has 2 aromatic heterocycles. The molecule has 1 fully saturated rings. The van der Waals surface area contributed by atoms with E-state index in [2.05, 4.69) is 42.0 Å². The van der Waals surface area contributed by atoms with Crippen molar-refractivity contribution in [1.29, 1.82) is 0 Å². The molecule has 0 radical (unpaired) electrons. The Labute approximate surface area is 235 Å². The number of carbonyl (C=O) groups excluding carboxylic acids is 1. The van der Waals surface area contributed by atoms with Crippen molar-refractivity contribution in [3.05, 3.63) is 74.9 Å². The molecule has 1 aliphatic heterocycles. The Kier molecular flexibility index (Phi) is 8.67. The van der Waals surface area contributed by atoms with Crippen LogP contribution in [0.2, 0.25) is 0 Å². The molecule has 4 aromatic rings. The molecule has 0 aliphatic carbocycles. The van der Waals surface area contributed by atoms with E-state index in [9.17, 15) is 27.2 Å². The van der Waals surface area contributed by atoms with Crippen molar-refractivity contribution in [1.82, 2.24) is 25.4 Å². The number of amides is 1. The lowest BCUT2D eigenvalue weighted by molar-refractivity contribution is -0.192. The summed E-state index contributed by atoms with van der Waals surface area (Å²) in [5.41, 5.74) is 0.376. The zero-order chi connectivity index (χ0) is 29.8. The lowest BCUT2D eigenvalue weighted by Gasteiger charge is -2.36. The van der Waals surface area contributed by atoms with Crippen LogP contribution in [0.3, 0.4) is 0 Å². The maximum atomic E-state index is 13.7. The predicted octanol–water partition coefficient (Wildman–Crippen LogP) is 3.67. The highest BCUT2D eigenvalue weighted by molar-refractivity contribution is 9.10. The number of hydrogen-bond acceptors (Lipinski definition) is 9. The van der Waals surface area contributed by atoms with Gasteiger partial charge >= 0.3 is 17.9 Å². The first-order valence-corrected chi connectivity index (χ1v) is 12.5. The average Bonchev–Trinajstić information content (AvgIpc) is 3.56. The Morgan fingerprint density at radius 2 is 1.73 bits per heavy atom. The number of carboxylic acid groups (broad SMARTS) is 1. The van der Waals surface area contributed by atoms with Crippen LogP contribution >= 0.6 is 15.9 Å². The van der Waals surface area contributed by atoms with E-state index >= 15 is 0 Å². The number of anilines is 1. The molecular weight excluding hydrogens is 624 g/mol. The van der Waals surface area contributed by atoms with E-state index in [1.54, 1.807) is 0 Å². The molecular formula is C24H19BrF4N6O6. The molecule has 0 atom stereocenters. The maximum absolute atomic E-state index is 13.7. The highest BCUT2D eigenvalue weighted by Crippen LogP contribution is 2.36. The van der Waals surface area contributed by atoms with Crippen molar-refractivity contribution in [2.75, 3.05) is 18.4 Å². The number of carbonyl (C=O) groups is 2. The molecule has 1 aliphatic rings. The maximum Gasteiger partial charge on any atom is 0.490 e. The van der Waals surface area contributed by atoms with Gasteiger partial charge in [-0.1, -0.05) is 35.5 Å². The number of rotatable bonds is 5. The number of aliphatic carboxylic acids is 1. The minimum atomic E-state index is -5.08. The zero-order valence-electron chi connectivity index (χ0n) is 20.6. The quantitative estimate of drug-likeness (QED) is 0.273. The number of halogens is 5. The molecule has 3 N–H and O–H groups in total. The van der Waals surface area contributed by atoms with Crippen LogP contribution < -0.4 is 16.4 Å². The number of alkyl halides is 3. The van der Waals surface area contributed by atoms with Gasteiger partial charge in [-0.25, -0.2) is 23.2 Å². The average molecular weight is 643 g/mol. The van der Waals surface area contributed by atoms with Gasteiger partial charge in [0.05, 0.1) is 15.6 Å². The molecule has 0 spiro atoms. The molecule has 0 bridgehead atoms. The second-order valence-corrected chi connectivity index (χ2v) is 9.48. The summed E-state index contributed by atoms with van der Waals surface area (Å²) in [6.45, 7) is 1.35. The fourth-order valence-corrected chi connectivity index (χ4v) is 4.52. The third-order valence-corrected chi connectivity index (χ3v) is 6.77. The number of aromatic nitrogens is 4. The predicted molar refractivity (Wildman–Crippen MR) is 136 cm³/mol. The minimum absolute atomic E-state index is 0.00297. The largest absolute Gasteiger partial charge is 0.490 e. The van der Waals surface area contributed by atoms with E-state index in [1.807, 2.05) is 30.3 Å². The smallest absolute Gasteiger partial charge is 0.475 e. The number of benzene rings is 2. The van der Waals surface area contributed by atoms with E-state index in [-0.39, 0.29) is 33.4 Å². The Bertz CT molecular complexity index is 1600. The van der Waals surface area contributed by atoms with Crippen LogP contribution in [0.25, 0.3) is 17.2 Å². The van der Waals surface area contributed by atoms with E-state index < -0.39 is 29.1 Å². The van der Waals surface area contributed by atoms with Crippen LogP contribution in [0.5, 0.6) is 0 Å². The van der Waals surface area contributed by atoms with E-state index in [1.165, 1.54) is 18.2 Å². The van der Waals surface area contributed by atoms with Gasteiger partial charge in [0.25, 0.3) is 0 Å². The molecule has 216 valence electrons. The summed E-state index contributed by atoms with van der Waals surface area (Å²) in [7, 11) is 0. The molecule has 1 amide bonds. The molecule has 0 saturated carbocycles. The molecule has 12 nitrogen and oxygen atoms in total. The normalized spacial score (nSPS) is 14.6. The van der Waals surface area contributed by atoms with Gasteiger partial charge in [0, 0.05) is 0 Å². The Morgan fingerprint density at radius 3 is 2.34 bits per heavy atom.